The number of halogens is 1. The van der Waals surface area contributed by atoms with E-state index in [0.29, 0.717) is 0 Å². The maximum atomic E-state index is 11.4. The van der Waals surface area contributed by atoms with Crippen LogP contribution in [0, 0.1) is 0 Å². The second-order valence-corrected chi connectivity index (χ2v) is 4.59. The molecule has 0 heterocycles. The molecule has 0 spiro atoms. The molecule has 0 bridgehead atoms. The molecule has 0 amide bonds. The molecule has 84 valence electrons. The van der Waals surface area contributed by atoms with Gasteiger partial charge < -0.3 is 4.74 Å². The minimum atomic E-state index is -0.141. The van der Waals surface area contributed by atoms with E-state index in [1.165, 1.54) is 0 Å². The number of unbranched alkanes of at least 4 members (excludes halogenated alkanes) is 1. The van der Waals surface area contributed by atoms with Gasteiger partial charge in [0.25, 0.3) is 0 Å². The molecule has 0 saturated heterocycles. The maximum Gasteiger partial charge on any atom is 0.319 e. The van der Waals surface area contributed by atoms with Crippen molar-refractivity contribution in [1.82, 2.24) is 0 Å². The molecular formula is C11H21BrO2. The molecule has 0 unspecified atom stereocenters. The van der Waals surface area contributed by atoms with Gasteiger partial charge in [-0.1, -0.05) is 49.5 Å². The first-order valence-electron chi connectivity index (χ1n) is 5.50. The fourth-order valence-corrected chi connectivity index (χ4v) is 1.29. The van der Waals surface area contributed by atoms with Crippen molar-refractivity contribution >= 4 is 21.9 Å². The SMILES string of the molecule is CCCC[C@H](CC)OC(=O)[C@H](Br)CC. The summed E-state index contributed by atoms with van der Waals surface area (Å²) in [6.45, 7) is 6.17. The predicted octanol–water partition coefficient (Wildman–Crippen LogP) is 3.67. The molecule has 0 saturated carbocycles. The lowest BCUT2D eigenvalue weighted by Gasteiger charge is -2.17. The van der Waals surface area contributed by atoms with E-state index in [0.717, 1.165) is 32.1 Å². The Bertz CT molecular complexity index is 159. The Hall–Kier alpha value is -0.0500. The fourth-order valence-electron chi connectivity index (χ4n) is 1.18. The Morgan fingerprint density at radius 2 is 1.93 bits per heavy atom. The summed E-state index contributed by atoms with van der Waals surface area (Å²) < 4.78 is 5.37. The Morgan fingerprint density at radius 1 is 1.29 bits per heavy atom. The van der Waals surface area contributed by atoms with Gasteiger partial charge in [-0.15, -0.1) is 0 Å². The number of ether oxygens (including phenoxy) is 1. The van der Waals surface area contributed by atoms with Gasteiger partial charge in [0, 0.05) is 0 Å². The number of carbonyl (C=O) groups excluding carboxylic acids is 1. The largest absolute Gasteiger partial charge is 0.462 e. The normalized spacial score (nSPS) is 14.9. The highest BCUT2D eigenvalue weighted by Crippen LogP contribution is 2.13. The first-order chi connectivity index (χ1) is 6.65. The summed E-state index contributed by atoms with van der Waals surface area (Å²) in [4.78, 5) is 11.3. The monoisotopic (exact) mass is 264 g/mol. The predicted molar refractivity (Wildman–Crippen MR) is 62.7 cm³/mol. The summed E-state index contributed by atoms with van der Waals surface area (Å²) in [5, 5.41) is 0. The molecule has 0 aromatic heterocycles. The van der Waals surface area contributed by atoms with Crippen molar-refractivity contribution in [2.45, 2.75) is 63.8 Å². The molecule has 0 radical (unpaired) electrons. The van der Waals surface area contributed by atoms with Crippen molar-refractivity contribution in [3.8, 4) is 0 Å². The zero-order chi connectivity index (χ0) is 11.0. The van der Waals surface area contributed by atoms with E-state index >= 15 is 0 Å². The van der Waals surface area contributed by atoms with E-state index < -0.39 is 0 Å². The number of hydrogen-bond donors (Lipinski definition) is 0. The van der Waals surface area contributed by atoms with Crippen molar-refractivity contribution in [3.05, 3.63) is 0 Å². The lowest BCUT2D eigenvalue weighted by molar-refractivity contribution is -0.148. The van der Waals surface area contributed by atoms with Gasteiger partial charge in [0.05, 0.1) is 0 Å². The lowest BCUT2D eigenvalue weighted by atomic mass is 10.1. The third-order valence-corrected chi connectivity index (χ3v) is 3.25. The van der Waals surface area contributed by atoms with Crippen LogP contribution in [0.1, 0.15) is 52.9 Å². The van der Waals surface area contributed by atoms with Crippen LogP contribution in [0.15, 0.2) is 0 Å². The second kappa shape index (κ2) is 8.27. The second-order valence-electron chi connectivity index (χ2n) is 3.49. The average molecular weight is 265 g/mol. The highest BCUT2D eigenvalue weighted by atomic mass is 79.9. The van der Waals surface area contributed by atoms with Crippen molar-refractivity contribution in [1.29, 1.82) is 0 Å². The number of alkyl halides is 1. The highest BCUT2D eigenvalue weighted by Gasteiger charge is 2.18. The van der Waals surface area contributed by atoms with E-state index in [2.05, 4.69) is 29.8 Å². The summed E-state index contributed by atoms with van der Waals surface area (Å²) in [6, 6.07) is 0. The topological polar surface area (TPSA) is 26.3 Å². The smallest absolute Gasteiger partial charge is 0.319 e. The maximum absolute atomic E-state index is 11.4. The van der Waals surface area contributed by atoms with Crippen LogP contribution < -0.4 is 0 Å². The summed E-state index contributed by atoms with van der Waals surface area (Å²) in [5.41, 5.74) is 0. The standard InChI is InChI=1S/C11H21BrO2/c1-4-7-8-9(5-2)14-11(13)10(12)6-3/h9-10H,4-8H2,1-3H3/t9-,10+/m0/s1. The zero-order valence-electron chi connectivity index (χ0n) is 9.38. The van der Waals surface area contributed by atoms with Crippen molar-refractivity contribution in [2.24, 2.45) is 0 Å². The molecular weight excluding hydrogens is 244 g/mol. The first-order valence-corrected chi connectivity index (χ1v) is 6.41. The molecule has 0 aliphatic rings. The van der Waals surface area contributed by atoms with Crippen molar-refractivity contribution < 1.29 is 9.53 Å². The van der Waals surface area contributed by atoms with Crippen molar-refractivity contribution in [3.63, 3.8) is 0 Å². The Kier molecular flexibility index (Phi) is 8.24. The first kappa shape index (κ1) is 13.9. The lowest BCUT2D eigenvalue weighted by Crippen LogP contribution is -2.23. The molecule has 0 aromatic rings. The number of rotatable bonds is 7. The van der Waals surface area contributed by atoms with Crippen LogP contribution in [0.25, 0.3) is 0 Å². The quantitative estimate of drug-likeness (QED) is 0.518. The molecule has 0 N–H and O–H groups in total. The van der Waals surface area contributed by atoms with Crippen LogP contribution in [-0.4, -0.2) is 16.9 Å². The molecule has 14 heavy (non-hydrogen) atoms. The van der Waals surface area contributed by atoms with Crippen LogP contribution >= 0.6 is 15.9 Å². The van der Waals surface area contributed by atoms with Crippen LogP contribution in [0.3, 0.4) is 0 Å². The Balaban J connectivity index is 3.85. The summed E-state index contributed by atoms with van der Waals surface area (Å²) in [7, 11) is 0. The van der Waals surface area contributed by atoms with E-state index in [9.17, 15) is 4.79 Å². The van der Waals surface area contributed by atoms with E-state index in [-0.39, 0.29) is 16.9 Å². The third-order valence-electron chi connectivity index (χ3n) is 2.23. The van der Waals surface area contributed by atoms with Gasteiger partial charge in [-0.25, -0.2) is 0 Å². The molecule has 0 aliphatic heterocycles. The zero-order valence-corrected chi connectivity index (χ0v) is 11.0. The van der Waals surface area contributed by atoms with E-state index in [4.69, 9.17) is 4.74 Å². The van der Waals surface area contributed by atoms with E-state index in [1.807, 2.05) is 6.92 Å². The number of esters is 1. The summed E-state index contributed by atoms with van der Waals surface area (Å²) in [5.74, 6) is -0.115. The minimum absolute atomic E-state index is 0.106. The number of hydrogen-bond acceptors (Lipinski definition) is 2. The average Bonchev–Trinajstić information content (AvgIpc) is 2.22. The van der Waals surface area contributed by atoms with Gasteiger partial charge in [0.2, 0.25) is 0 Å². The summed E-state index contributed by atoms with van der Waals surface area (Å²) >= 11 is 3.29. The third kappa shape index (κ3) is 5.63. The molecule has 0 aliphatic carbocycles. The van der Waals surface area contributed by atoms with Gasteiger partial charge in [0.1, 0.15) is 10.9 Å². The van der Waals surface area contributed by atoms with E-state index in [1.54, 1.807) is 0 Å². The van der Waals surface area contributed by atoms with Gasteiger partial charge in [-0.05, 0) is 19.3 Å². The van der Waals surface area contributed by atoms with Gasteiger partial charge in [-0.2, -0.15) is 0 Å². The molecule has 0 aromatic carbocycles. The molecule has 2 atom stereocenters. The van der Waals surface area contributed by atoms with Crippen LogP contribution in [0.5, 0.6) is 0 Å². The Morgan fingerprint density at radius 3 is 2.36 bits per heavy atom. The molecule has 3 heteroatoms. The van der Waals surface area contributed by atoms with Crippen LogP contribution in [0.2, 0.25) is 0 Å². The van der Waals surface area contributed by atoms with Gasteiger partial charge in [0.15, 0.2) is 0 Å². The minimum Gasteiger partial charge on any atom is -0.462 e. The fraction of sp³-hybridized carbons (Fsp3) is 0.909. The van der Waals surface area contributed by atoms with Crippen LogP contribution in [0.4, 0.5) is 0 Å². The van der Waals surface area contributed by atoms with Crippen molar-refractivity contribution in [2.75, 3.05) is 0 Å². The molecule has 0 fully saturated rings. The van der Waals surface area contributed by atoms with Gasteiger partial charge in [-0.3, -0.25) is 4.79 Å². The Labute approximate surface area is 95.5 Å². The molecule has 0 rings (SSSR count). The number of carbonyl (C=O) groups is 1. The molecule has 2 nitrogen and oxygen atoms in total. The van der Waals surface area contributed by atoms with Crippen LogP contribution in [-0.2, 0) is 9.53 Å². The van der Waals surface area contributed by atoms with Gasteiger partial charge >= 0.3 is 5.97 Å². The highest BCUT2D eigenvalue weighted by molar-refractivity contribution is 9.10. The summed E-state index contributed by atoms with van der Waals surface area (Å²) in [6.07, 6.45) is 5.07.